The average molecular weight is 396 g/mol. The van der Waals surface area contributed by atoms with Crippen LogP contribution in [0.15, 0.2) is 41.4 Å². The molecule has 0 saturated carbocycles. The largest absolute Gasteiger partial charge is 0.468 e. The molecule has 0 atom stereocenters. The topological polar surface area (TPSA) is 93.9 Å². The van der Waals surface area contributed by atoms with Gasteiger partial charge in [0.25, 0.3) is 10.0 Å². The number of methoxy groups -OCH3 is 1. The van der Waals surface area contributed by atoms with Gasteiger partial charge < -0.3 is 4.74 Å². The number of aromatic nitrogens is 3. The lowest BCUT2D eigenvalue weighted by molar-refractivity contribution is -0.138. The third-order valence-corrected chi connectivity index (χ3v) is 5.62. The second kappa shape index (κ2) is 6.91. The highest BCUT2D eigenvalue weighted by Gasteiger charge is 2.31. The highest BCUT2D eigenvalue weighted by Crippen LogP contribution is 2.27. The molecular formula is C16H14F2N4O4S. The standard InChI is InChI=1S/C16H14F2N4O4S/c1-10-19-20-16-14(4-3-7-21(10)16)27(24,25)22(9-15(23)26-2)11-5-6-12(17)13(18)8-11/h3-8H,9H2,1-2H3. The predicted octanol–water partition coefficient (Wildman–Crippen LogP) is 1.68. The molecule has 0 aliphatic heterocycles. The van der Waals surface area contributed by atoms with E-state index in [2.05, 4.69) is 14.9 Å². The second-order valence-corrected chi connectivity index (χ2v) is 7.33. The van der Waals surface area contributed by atoms with E-state index in [0.29, 0.717) is 16.2 Å². The van der Waals surface area contributed by atoms with E-state index in [-0.39, 0.29) is 16.2 Å². The molecule has 0 bridgehead atoms. The van der Waals surface area contributed by atoms with Crippen LogP contribution in [0.1, 0.15) is 5.82 Å². The minimum absolute atomic E-state index is 0.0347. The number of aryl methyl sites for hydroxylation is 1. The number of anilines is 1. The Labute approximate surface area is 153 Å². The van der Waals surface area contributed by atoms with Gasteiger partial charge in [0.05, 0.1) is 12.8 Å². The summed E-state index contributed by atoms with van der Waals surface area (Å²) in [6.45, 7) is 0.899. The van der Waals surface area contributed by atoms with E-state index < -0.39 is 34.2 Å². The van der Waals surface area contributed by atoms with Crippen LogP contribution in [0, 0.1) is 18.6 Å². The maximum Gasteiger partial charge on any atom is 0.326 e. The number of carbonyl (C=O) groups is 1. The van der Waals surface area contributed by atoms with Crippen molar-refractivity contribution in [2.24, 2.45) is 0 Å². The van der Waals surface area contributed by atoms with Gasteiger partial charge >= 0.3 is 5.97 Å². The van der Waals surface area contributed by atoms with Crippen molar-refractivity contribution in [2.45, 2.75) is 11.8 Å². The minimum atomic E-state index is -4.38. The Kier molecular flexibility index (Phi) is 4.79. The monoisotopic (exact) mass is 396 g/mol. The van der Waals surface area contributed by atoms with E-state index in [1.165, 1.54) is 16.5 Å². The number of hydrogen-bond acceptors (Lipinski definition) is 6. The normalized spacial score (nSPS) is 11.6. The second-order valence-electron chi connectivity index (χ2n) is 5.50. The number of halogens is 2. The number of sulfonamides is 1. The SMILES string of the molecule is COC(=O)CN(c1ccc(F)c(F)c1)S(=O)(=O)c1cccn2c(C)nnc12. The molecular weight excluding hydrogens is 382 g/mol. The third kappa shape index (κ3) is 3.33. The number of fused-ring (bicyclic) bond motifs is 1. The van der Waals surface area contributed by atoms with E-state index in [1.807, 2.05) is 0 Å². The van der Waals surface area contributed by atoms with Crippen molar-refractivity contribution in [3.8, 4) is 0 Å². The fourth-order valence-corrected chi connectivity index (χ4v) is 3.99. The highest BCUT2D eigenvalue weighted by atomic mass is 32.2. The van der Waals surface area contributed by atoms with Gasteiger partial charge in [-0.05, 0) is 31.2 Å². The molecule has 0 N–H and O–H groups in total. The lowest BCUT2D eigenvalue weighted by Gasteiger charge is -2.23. The number of carbonyl (C=O) groups excluding carboxylic acids is 1. The van der Waals surface area contributed by atoms with Gasteiger partial charge in [-0.3, -0.25) is 13.5 Å². The first-order valence-electron chi connectivity index (χ1n) is 7.60. The van der Waals surface area contributed by atoms with E-state index in [0.717, 1.165) is 19.2 Å². The summed E-state index contributed by atoms with van der Waals surface area (Å²) in [5.41, 5.74) is -0.204. The molecule has 1 aromatic carbocycles. The van der Waals surface area contributed by atoms with Gasteiger partial charge in [-0.2, -0.15) is 0 Å². The van der Waals surface area contributed by atoms with Crippen LogP contribution in [0.5, 0.6) is 0 Å². The smallest absolute Gasteiger partial charge is 0.326 e. The number of hydrogen-bond donors (Lipinski definition) is 0. The first-order valence-corrected chi connectivity index (χ1v) is 9.04. The van der Waals surface area contributed by atoms with Crippen molar-refractivity contribution >= 4 is 27.3 Å². The third-order valence-electron chi connectivity index (χ3n) is 3.83. The number of benzene rings is 1. The minimum Gasteiger partial charge on any atom is -0.468 e. The number of rotatable bonds is 5. The first-order chi connectivity index (χ1) is 12.8. The predicted molar refractivity (Wildman–Crippen MR) is 90.6 cm³/mol. The number of ether oxygens (including phenoxy) is 1. The summed E-state index contributed by atoms with van der Waals surface area (Å²) in [6, 6.07) is 5.26. The van der Waals surface area contributed by atoms with Gasteiger partial charge in [-0.1, -0.05) is 0 Å². The first kappa shape index (κ1) is 18.7. The van der Waals surface area contributed by atoms with E-state index >= 15 is 0 Å². The quantitative estimate of drug-likeness (QED) is 0.609. The summed E-state index contributed by atoms with van der Waals surface area (Å²) in [6.07, 6.45) is 1.58. The van der Waals surface area contributed by atoms with Crippen LogP contribution >= 0.6 is 0 Å². The molecule has 11 heteroatoms. The molecule has 3 rings (SSSR count). The van der Waals surface area contributed by atoms with Crippen molar-refractivity contribution in [1.29, 1.82) is 0 Å². The molecule has 0 spiro atoms. The van der Waals surface area contributed by atoms with E-state index in [4.69, 9.17) is 0 Å². The van der Waals surface area contributed by atoms with Crippen molar-refractivity contribution < 1.29 is 26.7 Å². The summed E-state index contributed by atoms with van der Waals surface area (Å²) in [7, 11) is -3.30. The number of nitrogens with zero attached hydrogens (tertiary/aromatic N) is 4. The molecule has 2 aromatic heterocycles. The zero-order valence-electron chi connectivity index (χ0n) is 14.3. The summed E-state index contributed by atoms with van der Waals surface area (Å²) >= 11 is 0. The fourth-order valence-electron chi connectivity index (χ4n) is 2.46. The zero-order valence-corrected chi connectivity index (χ0v) is 15.1. The Morgan fingerprint density at radius 2 is 1.96 bits per heavy atom. The van der Waals surface area contributed by atoms with E-state index in [1.54, 1.807) is 13.1 Å². The molecule has 0 amide bonds. The maximum atomic E-state index is 13.7. The van der Waals surface area contributed by atoms with Crippen LogP contribution < -0.4 is 4.31 Å². The van der Waals surface area contributed by atoms with Gasteiger partial charge in [0.2, 0.25) is 0 Å². The van der Waals surface area contributed by atoms with Crippen LogP contribution in [0.3, 0.4) is 0 Å². The molecule has 0 unspecified atom stereocenters. The molecule has 2 heterocycles. The zero-order chi connectivity index (χ0) is 19.8. The van der Waals surface area contributed by atoms with Crippen molar-refractivity contribution in [3.63, 3.8) is 0 Å². The maximum absolute atomic E-state index is 13.7. The number of esters is 1. The van der Waals surface area contributed by atoms with Crippen molar-refractivity contribution in [2.75, 3.05) is 18.0 Å². The van der Waals surface area contributed by atoms with Gasteiger partial charge in [0.15, 0.2) is 17.3 Å². The lowest BCUT2D eigenvalue weighted by Crippen LogP contribution is -2.36. The van der Waals surface area contributed by atoms with Crippen LogP contribution in [-0.2, 0) is 19.6 Å². The van der Waals surface area contributed by atoms with Crippen LogP contribution in [-0.4, -0.2) is 42.6 Å². The molecule has 142 valence electrons. The number of pyridine rings is 1. The van der Waals surface area contributed by atoms with Crippen molar-refractivity contribution in [3.05, 3.63) is 54.0 Å². The van der Waals surface area contributed by atoms with Crippen molar-refractivity contribution in [1.82, 2.24) is 14.6 Å². The summed E-state index contributed by atoms with van der Waals surface area (Å²) < 4.78 is 60.0. The molecule has 8 nitrogen and oxygen atoms in total. The Balaban J connectivity index is 2.20. The molecule has 0 radical (unpaired) electrons. The Bertz CT molecular complexity index is 1130. The molecule has 0 aliphatic rings. The molecule has 3 aromatic rings. The van der Waals surface area contributed by atoms with E-state index in [9.17, 15) is 22.0 Å². The average Bonchev–Trinajstić information content (AvgIpc) is 3.03. The van der Waals surface area contributed by atoms with Crippen LogP contribution in [0.4, 0.5) is 14.5 Å². The summed E-state index contributed by atoms with van der Waals surface area (Å²) in [5.74, 6) is -2.83. The summed E-state index contributed by atoms with van der Waals surface area (Å²) in [5, 5.41) is 7.68. The van der Waals surface area contributed by atoms with Gasteiger partial charge in [-0.25, -0.2) is 17.2 Å². The Morgan fingerprint density at radius 1 is 1.22 bits per heavy atom. The fraction of sp³-hybridized carbons (Fsp3) is 0.188. The Morgan fingerprint density at radius 3 is 2.63 bits per heavy atom. The summed E-state index contributed by atoms with van der Waals surface area (Å²) in [4.78, 5) is 11.5. The van der Waals surface area contributed by atoms with Gasteiger partial charge in [0.1, 0.15) is 17.3 Å². The van der Waals surface area contributed by atoms with Gasteiger partial charge in [-0.15, -0.1) is 10.2 Å². The molecule has 27 heavy (non-hydrogen) atoms. The molecule has 0 saturated heterocycles. The van der Waals surface area contributed by atoms with Crippen LogP contribution in [0.2, 0.25) is 0 Å². The lowest BCUT2D eigenvalue weighted by atomic mass is 10.3. The Hall–Kier alpha value is -3.08. The molecule has 0 aliphatic carbocycles. The molecule has 0 fully saturated rings. The van der Waals surface area contributed by atoms with Crippen LogP contribution in [0.25, 0.3) is 5.65 Å². The van der Waals surface area contributed by atoms with Gasteiger partial charge in [0, 0.05) is 12.3 Å². The highest BCUT2D eigenvalue weighted by molar-refractivity contribution is 7.93.